The minimum Gasteiger partial charge on any atom is -0.352 e. The van der Waals surface area contributed by atoms with Gasteiger partial charge >= 0.3 is 0 Å². The van der Waals surface area contributed by atoms with Crippen molar-refractivity contribution in [1.82, 2.24) is 14.5 Å². The van der Waals surface area contributed by atoms with Crippen LogP contribution in [0.2, 0.25) is 0 Å². The molecule has 1 atom stereocenters. The highest BCUT2D eigenvalue weighted by Gasteiger charge is 2.43. The number of carbonyl (C=O) groups excluding carboxylic acids is 3. The molecule has 1 aliphatic heterocycles. The van der Waals surface area contributed by atoms with Crippen molar-refractivity contribution < 1.29 is 27.2 Å². The highest BCUT2D eigenvalue weighted by atomic mass is 32.2. The van der Waals surface area contributed by atoms with E-state index >= 15 is 0 Å². The summed E-state index contributed by atoms with van der Waals surface area (Å²) in [6, 6.07) is 19.7. The van der Waals surface area contributed by atoms with Crippen molar-refractivity contribution >= 4 is 27.7 Å². The van der Waals surface area contributed by atoms with Crippen LogP contribution in [-0.2, 0) is 32.6 Å². The predicted octanol–water partition coefficient (Wildman–Crippen LogP) is 3.67. The second-order valence-corrected chi connectivity index (χ2v) is 12.0. The molecule has 3 aromatic carbocycles. The summed E-state index contributed by atoms with van der Waals surface area (Å²) in [7, 11) is -4.27. The molecule has 0 saturated heterocycles. The van der Waals surface area contributed by atoms with Crippen LogP contribution < -0.4 is 5.32 Å². The summed E-state index contributed by atoms with van der Waals surface area (Å²) >= 11 is 0. The van der Waals surface area contributed by atoms with Gasteiger partial charge in [-0.25, -0.2) is 17.1 Å². The Balaban J connectivity index is 1.50. The molecule has 40 heavy (non-hydrogen) atoms. The largest absolute Gasteiger partial charge is 0.352 e. The van der Waals surface area contributed by atoms with Crippen LogP contribution in [0, 0.1) is 5.82 Å². The van der Waals surface area contributed by atoms with E-state index in [1.54, 1.807) is 12.1 Å². The second-order valence-electron chi connectivity index (χ2n) is 10.1. The van der Waals surface area contributed by atoms with Crippen molar-refractivity contribution in [3.63, 3.8) is 0 Å². The average molecular weight is 564 g/mol. The lowest BCUT2D eigenvalue weighted by Crippen LogP contribution is -2.54. The summed E-state index contributed by atoms with van der Waals surface area (Å²) in [5, 5.41) is 3.04. The van der Waals surface area contributed by atoms with Gasteiger partial charge < -0.3 is 10.2 Å². The van der Waals surface area contributed by atoms with Gasteiger partial charge in [-0.15, -0.1) is 0 Å². The van der Waals surface area contributed by atoms with E-state index in [0.717, 1.165) is 31.2 Å². The van der Waals surface area contributed by atoms with Crippen molar-refractivity contribution in [1.29, 1.82) is 0 Å². The SMILES string of the molecule is O=C(NC1CCCC1)C(Cc1ccccc1)N(Cc1ccccc1F)C(=O)CN1C(=O)c2ccccc2S1(=O)=O. The first-order valence-electron chi connectivity index (χ1n) is 13.3. The maximum atomic E-state index is 14.8. The van der Waals surface area contributed by atoms with E-state index in [-0.39, 0.29) is 35.0 Å². The van der Waals surface area contributed by atoms with E-state index in [4.69, 9.17) is 0 Å². The van der Waals surface area contributed by atoms with Crippen LogP contribution in [0.4, 0.5) is 4.39 Å². The number of rotatable bonds is 9. The topological polar surface area (TPSA) is 104 Å². The van der Waals surface area contributed by atoms with Crippen LogP contribution in [0.3, 0.4) is 0 Å². The molecule has 2 aliphatic rings. The molecule has 0 spiro atoms. The van der Waals surface area contributed by atoms with Crippen LogP contribution >= 0.6 is 0 Å². The van der Waals surface area contributed by atoms with Gasteiger partial charge in [0.15, 0.2) is 0 Å². The van der Waals surface area contributed by atoms with Crippen molar-refractivity contribution in [2.45, 2.75) is 55.6 Å². The summed E-state index contributed by atoms with van der Waals surface area (Å²) < 4.78 is 41.7. The molecule has 5 rings (SSSR count). The first-order valence-corrected chi connectivity index (χ1v) is 14.7. The number of fused-ring (bicyclic) bond motifs is 1. The molecule has 3 aromatic rings. The van der Waals surface area contributed by atoms with Gasteiger partial charge in [0.1, 0.15) is 23.3 Å². The predicted molar refractivity (Wildman–Crippen MR) is 146 cm³/mol. The number of benzene rings is 3. The Morgan fingerprint density at radius 2 is 1.60 bits per heavy atom. The van der Waals surface area contributed by atoms with Gasteiger partial charge in [0.2, 0.25) is 11.8 Å². The maximum absolute atomic E-state index is 14.8. The molecule has 0 bridgehead atoms. The third-order valence-electron chi connectivity index (χ3n) is 7.46. The zero-order valence-corrected chi connectivity index (χ0v) is 22.6. The average Bonchev–Trinajstić information content (AvgIpc) is 3.53. The normalized spacial score (nSPS) is 16.9. The summed E-state index contributed by atoms with van der Waals surface area (Å²) in [4.78, 5) is 41.7. The fourth-order valence-electron chi connectivity index (χ4n) is 5.33. The van der Waals surface area contributed by atoms with Crippen LogP contribution in [0.15, 0.2) is 83.8 Å². The van der Waals surface area contributed by atoms with E-state index in [9.17, 15) is 27.2 Å². The molecule has 3 amide bonds. The van der Waals surface area contributed by atoms with E-state index in [1.165, 1.54) is 41.3 Å². The lowest BCUT2D eigenvalue weighted by molar-refractivity contribution is -0.141. The van der Waals surface area contributed by atoms with Gasteiger partial charge in [-0.3, -0.25) is 14.4 Å². The third-order valence-corrected chi connectivity index (χ3v) is 9.25. The maximum Gasteiger partial charge on any atom is 0.269 e. The van der Waals surface area contributed by atoms with Crippen molar-refractivity contribution in [2.24, 2.45) is 0 Å². The number of sulfonamides is 1. The third kappa shape index (κ3) is 5.62. The molecule has 1 saturated carbocycles. The summed E-state index contributed by atoms with van der Waals surface area (Å²) in [6.45, 7) is -1.09. The van der Waals surface area contributed by atoms with Crippen LogP contribution in [-0.4, -0.2) is 54.0 Å². The molecule has 1 N–H and O–H groups in total. The van der Waals surface area contributed by atoms with Crippen molar-refractivity contribution in [2.75, 3.05) is 6.54 Å². The molecule has 1 fully saturated rings. The number of hydrogen-bond acceptors (Lipinski definition) is 5. The smallest absolute Gasteiger partial charge is 0.269 e. The number of carbonyl (C=O) groups is 3. The fraction of sp³-hybridized carbons (Fsp3) is 0.300. The molecule has 0 aromatic heterocycles. The van der Waals surface area contributed by atoms with E-state index in [2.05, 4.69) is 5.32 Å². The van der Waals surface area contributed by atoms with Crippen LogP contribution in [0.5, 0.6) is 0 Å². The molecule has 1 aliphatic carbocycles. The monoisotopic (exact) mass is 563 g/mol. The summed E-state index contributed by atoms with van der Waals surface area (Å²) in [5.41, 5.74) is 0.926. The van der Waals surface area contributed by atoms with E-state index in [0.29, 0.717) is 4.31 Å². The molecule has 0 radical (unpaired) electrons. The van der Waals surface area contributed by atoms with E-state index < -0.39 is 46.1 Å². The highest BCUT2D eigenvalue weighted by molar-refractivity contribution is 7.90. The quantitative estimate of drug-likeness (QED) is 0.428. The van der Waals surface area contributed by atoms with Gasteiger partial charge in [0.05, 0.1) is 5.56 Å². The van der Waals surface area contributed by atoms with Gasteiger partial charge in [-0.1, -0.05) is 73.5 Å². The first kappa shape index (κ1) is 27.5. The number of halogens is 1. The number of amides is 3. The molecule has 8 nitrogen and oxygen atoms in total. The minimum absolute atomic E-state index is 0.0178. The lowest BCUT2D eigenvalue weighted by Gasteiger charge is -2.33. The molecule has 1 heterocycles. The van der Waals surface area contributed by atoms with Crippen molar-refractivity contribution in [3.05, 3.63) is 101 Å². The molecular weight excluding hydrogens is 533 g/mol. The Bertz CT molecular complexity index is 1520. The first-order chi connectivity index (χ1) is 19.3. The zero-order valence-electron chi connectivity index (χ0n) is 21.8. The summed E-state index contributed by atoms with van der Waals surface area (Å²) in [5.74, 6) is -2.56. The van der Waals surface area contributed by atoms with Crippen molar-refractivity contribution in [3.8, 4) is 0 Å². The van der Waals surface area contributed by atoms with Gasteiger partial charge in [-0.05, 0) is 36.6 Å². The van der Waals surface area contributed by atoms with Crippen LogP contribution in [0.1, 0.15) is 47.2 Å². The van der Waals surface area contributed by atoms with Gasteiger partial charge in [0, 0.05) is 24.6 Å². The van der Waals surface area contributed by atoms with E-state index in [1.807, 2.05) is 30.3 Å². The van der Waals surface area contributed by atoms with Gasteiger partial charge in [-0.2, -0.15) is 0 Å². The Kier molecular flexibility index (Phi) is 7.97. The number of nitrogens with zero attached hydrogens (tertiary/aromatic N) is 2. The Morgan fingerprint density at radius 1 is 0.950 bits per heavy atom. The second kappa shape index (κ2) is 11.6. The number of nitrogens with one attached hydrogen (secondary N) is 1. The lowest BCUT2D eigenvalue weighted by atomic mass is 10.0. The number of hydrogen-bond donors (Lipinski definition) is 1. The Labute approximate surface area is 232 Å². The summed E-state index contributed by atoms with van der Waals surface area (Å²) in [6.07, 6.45) is 3.75. The molecule has 208 valence electrons. The molecule has 10 heteroatoms. The zero-order chi connectivity index (χ0) is 28.3. The van der Waals surface area contributed by atoms with Crippen LogP contribution in [0.25, 0.3) is 0 Å². The highest BCUT2D eigenvalue weighted by Crippen LogP contribution is 2.30. The molecule has 1 unspecified atom stereocenters. The van der Waals surface area contributed by atoms with Gasteiger partial charge in [0.25, 0.3) is 15.9 Å². The molecular formula is C30H30FN3O5S. The Morgan fingerprint density at radius 3 is 2.30 bits per heavy atom. The standard InChI is InChI=1S/C30H30FN3O5S/c31-25-16-8-4-12-22(25)19-33(28(35)20-34-30(37)24-15-7-9-17-27(24)40(34,38)39)26(18-21-10-2-1-3-11-21)29(36)32-23-13-5-6-14-23/h1-4,7-12,15-17,23,26H,5-6,13-14,18-20H2,(H,32,36). The minimum atomic E-state index is -4.27. The fourth-order valence-corrected chi connectivity index (χ4v) is 6.85. The Hall–Kier alpha value is -4.05.